The van der Waals surface area contributed by atoms with Crippen molar-refractivity contribution < 1.29 is 14.3 Å². The fraction of sp³-hybridized carbons (Fsp3) is 0.250. The Labute approximate surface area is 119 Å². The molecule has 0 radical (unpaired) electrons. The van der Waals surface area contributed by atoms with Crippen LogP contribution in [0.1, 0.15) is 17.7 Å². The summed E-state index contributed by atoms with van der Waals surface area (Å²) in [6, 6.07) is 2.87. The zero-order chi connectivity index (χ0) is 14.4. The second kappa shape index (κ2) is 6.83. The lowest BCUT2D eigenvalue weighted by Gasteiger charge is -2.09. The number of aromatic nitrogens is 2. The van der Waals surface area contributed by atoms with Crippen LogP contribution in [0.25, 0.3) is 12.2 Å². The number of aliphatic hydroxyl groups excluding tert-OH is 1. The van der Waals surface area contributed by atoms with Crippen molar-refractivity contribution in [1.29, 1.82) is 0 Å². The lowest BCUT2D eigenvalue weighted by atomic mass is 10.4. The van der Waals surface area contributed by atoms with Gasteiger partial charge in [-0.3, -0.25) is 5.32 Å². The summed E-state index contributed by atoms with van der Waals surface area (Å²) < 4.78 is 5.15. The number of rotatable bonds is 5. The third-order valence-electron chi connectivity index (χ3n) is 2.25. The second-order valence-corrected chi connectivity index (χ2v) is 4.99. The van der Waals surface area contributed by atoms with Crippen molar-refractivity contribution in [2.24, 2.45) is 0 Å². The molecule has 7 nitrogen and oxygen atoms in total. The minimum atomic E-state index is -0.427. The molecule has 2 aromatic heterocycles. The third kappa shape index (κ3) is 4.18. The summed E-state index contributed by atoms with van der Waals surface area (Å²) >= 11 is 1.23. The Kier molecular flexibility index (Phi) is 4.85. The Morgan fingerprint density at radius 3 is 3.10 bits per heavy atom. The number of urea groups is 1. The number of nitrogens with zero attached hydrogens (tertiary/aromatic N) is 2. The second-order valence-electron chi connectivity index (χ2n) is 3.98. The van der Waals surface area contributed by atoms with Gasteiger partial charge in [-0.15, -0.1) is 10.2 Å². The van der Waals surface area contributed by atoms with E-state index in [0.29, 0.717) is 15.9 Å². The topological polar surface area (TPSA) is 100 Å². The molecule has 2 rings (SSSR count). The first-order valence-electron chi connectivity index (χ1n) is 5.91. The van der Waals surface area contributed by atoms with Crippen molar-refractivity contribution in [3.8, 4) is 0 Å². The largest absolute Gasteiger partial charge is 0.465 e. The van der Waals surface area contributed by atoms with E-state index in [1.165, 1.54) is 11.3 Å². The Morgan fingerprint density at radius 1 is 1.55 bits per heavy atom. The van der Waals surface area contributed by atoms with Crippen LogP contribution in [0.4, 0.5) is 9.93 Å². The monoisotopic (exact) mass is 294 g/mol. The predicted octanol–water partition coefficient (Wildman–Crippen LogP) is 1.80. The number of anilines is 1. The van der Waals surface area contributed by atoms with E-state index in [1.54, 1.807) is 31.4 Å². The highest BCUT2D eigenvalue weighted by atomic mass is 32.1. The lowest BCUT2D eigenvalue weighted by molar-refractivity contribution is 0.229. The van der Waals surface area contributed by atoms with Crippen LogP contribution >= 0.6 is 11.3 Å². The molecule has 0 saturated heterocycles. The number of aliphatic hydroxyl groups is 1. The number of carbonyl (C=O) groups excluding carboxylic acids is 1. The third-order valence-corrected chi connectivity index (χ3v) is 3.05. The molecule has 0 saturated carbocycles. The zero-order valence-electron chi connectivity index (χ0n) is 10.7. The van der Waals surface area contributed by atoms with E-state index in [9.17, 15) is 4.79 Å². The molecule has 0 aliphatic carbocycles. The van der Waals surface area contributed by atoms with Gasteiger partial charge in [0, 0.05) is 0 Å². The van der Waals surface area contributed by atoms with E-state index in [4.69, 9.17) is 9.52 Å². The summed E-state index contributed by atoms with van der Waals surface area (Å²) in [6.07, 6.45) is 5.09. The van der Waals surface area contributed by atoms with Crippen molar-refractivity contribution in [2.45, 2.75) is 13.0 Å². The Bertz CT molecular complexity index is 579. The molecule has 8 heteroatoms. The van der Waals surface area contributed by atoms with Gasteiger partial charge in [0.2, 0.25) is 5.13 Å². The Morgan fingerprint density at radius 2 is 2.40 bits per heavy atom. The predicted molar refractivity (Wildman–Crippen MR) is 76.2 cm³/mol. The van der Waals surface area contributed by atoms with Gasteiger partial charge < -0.3 is 14.8 Å². The average Bonchev–Trinajstić information content (AvgIpc) is 3.07. The van der Waals surface area contributed by atoms with E-state index in [0.717, 1.165) is 0 Å². The highest BCUT2D eigenvalue weighted by Gasteiger charge is 2.09. The Hall–Kier alpha value is -2.19. The summed E-state index contributed by atoms with van der Waals surface area (Å²) in [4.78, 5) is 11.5. The van der Waals surface area contributed by atoms with Crippen molar-refractivity contribution >= 4 is 34.7 Å². The number of nitrogens with one attached hydrogen (secondary N) is 2. The highest BCUT2D eigenvalue weighted by Crippen LogP contribution is 2.17. The first-order valence-corrected chi connectivity index (χ1v) is 6.72. The van der Waals surface area contributed by atoms with Gasteiger partial charge >= 0.3 is 6.03 Å². The number of hydrogen-bond acceptors (Lipinski definition) is 6. The molecule has 1 atom stereocenters. The first kappa shape index (κ1) is 14.2. The van der Waals surface area contributed by atoms with E-state index >= 15 is 0 Å². The fourth-order valence-corrected chi connectivity index (χ4v) is 1.94. The van der Waals surface area contributed by atoms with Crippen molar-refractivity contribution in [2.75, 3.05) is 11.9 Å². The summed E-state index contributed by atoms with van der Waals surface area (Å²) in [5.41, 5.74) is 0. The number of hydrogen-bond donors (Lipinski definition) is 3. The molecular weight excluding hydrogens is 280 g/mol. The van der Waals surface area contributed by atoms with E-state index < -0.39 is 6.03 Å². The molecule has 0 aliphatic rings. The highest BCUT2D eigenvalue weighted by molar-refractivity contribution is 7.16. The van der Waals surface area contributed by atoms with E-state index in [1.807, 2.05) is 6.07 Å². The maximum Gasteiger partial charge on any atom is 0.321 e. The number of carbonyl (C=O) groups is 1. The number of amides is 2. The minimum Gasteiger partial charge on any atom is -0.465 e. The normalized spacial score (nSPS) is 12.5. The zero-order valence-corrected chi connectivity index (χ0v) is 11.6. The SMILES string of the molecule is C[C@@H](CO)NC(=O)Nc1nnc(/C=C/c2ccco2)s1. The van der Waals surface area contributed by atoms with Crippen LogP contribution in [0.3, 0.4) is 0 Å². The molecular formula is C12H14N4O3S. The molecule has 106 valence electrons. The van der Waals surface area contributed by atoms with Crippen molar-refractivity contribution in [3.05, 3.63) is 29.2 Å². The van der Waals surface area contributed by atoms with Crippen molar-refractivity contribution in [1.82, 2.24) is 15.5 Å². The van der Waals surface area contributed by atoms with Crippen LogP contribution in [0.5, 0.6) is 0 Å². The van der Waals surface area contributed by atoms with Gasteiger partial charge in [0.05, 0.1) is 18.9 Å². The van der Waals surface area contributed by atoms with Crippen LogP contribution in [0.15, 0.2) is 22.8 Å². The number of furan rings is 1. The molecule has 0 unspecified atom stereocenters. The summed E-state index contributed by atoms with van der Waals surface area (Å²) in [7, 11) is 0. The van der Waals surface area contributed by atoms with Gasteiger partial charge in [0.25, 0.3) is 0 Å². The fourth-order valence-electron chi connectivity index (χ4n) is 1.29. The van der Waals surface area contributed by atoms with Gasteiger partial charge in [-0.25, -0.2) is 4.79 Å². The molecule has 0 aliphatic heterocycles. The van der Waals surface area contributed by atoms with Gasteiger partial charge in [-0.2, -0.15) is 0 Å². The molecule has 0 aromatic carbocycles. The van der Waals surface area contributed by atoms with Gasteiger partial charge in [0.1, 0.15) is 10.8 Å². The quantitative estimate of drug-likeness (QED) is 0.780. The molecule has 20 heavy (non-hydrogen) atoms. The first-order chi connectivity index (χ1) is 9.67. The molecule has 0 spiro atoms. The Balaban J connectivity index is 1.90. The van der Waals surface area contributed by atoms with Crippen LogP contribution < -0.4 is 10.6 Å². The van der Waals surface area contributed by atoms with Crippen molar-refractivity contribution in [3.63, 3.8) is 0 Å². The maximum atomic E-state index is 11.5. The van der Waals surface area contributed by atoms with Crippen LogP contribution in [-0.2, 0) is 0 Å². The standard InChI is InChI=1S/C12H14N4O3S/c1-8(7-17)13-11(18)14-12-16-15-10(20-12)5-4-9-3-2-6-19-9/h2-6,8,17H,7H2,1H3,(H2,13,14,16,18)/b5-4+/t8-/m0/s1. The van der Waals surface area contributed by atoms with Gasteiger partial charge in [-0.05, 0) is 31.2 Å². The van der Waals surface area contributed by atoms with Crippen LogP contribution in [-0.4, -0.2) is 34.0 Å². The molecule has 2 aromatic rings. The van der Waals surface area contributed by atoms with Gasteiger partial charge in [-0.1, -0.05) is 11.3 Å². The van der Waals surface area contributed by atoms with Crippen LogP contribution in [0.2, 0.25) is 0 Å². The van der Waals surface area contributed by atoms with E-state index in [2.05, 4.69) is 20.8 Å². The smallest absolute Gasteiger partial charge is 0.321 e. The summed E-state index contributed by atoms with van der Waals surface area (Å²) in [5.74, 6) is 0.712. The maximum absolute atomic E-state index is 11.5. The molecule has 3 N–H and O–H groups in total. The molecule has 2 heterocycles. The summed E-state index contributed by atoms with van der Waals surface area (Å²) in [5, 5.41) is 22.7. The molecule has 2 amide bonds. The van der Waals surface area contributed by atoms with Crippen LogP contribution in [0, 0.1) is 0 Å². The lowest BCUT2D eigenvalue weighted by Crippen LogP contribution is -2.38. The van der Waals surface area contributed by atoms with E-state index in [-0.39, 0.29) is 12.6 Å². The minimum absolute atomic E-state index is 0.124. The van der Waals surface area contributed by atoms with Gasteiger partial charge in [0.15, 0.2) is 0 Å². The summed E-state index contributed by atoms with van der Waals surface area (Å²) in [6.45, 7) is 1.57. The molecule has 0 fully saturated rings. The average molecular weight is 294 g/mol. The molecule has 0 bridgehead atoms.